The van der Waals surface area contributed by atoms with Crippen LogP contribution in [0, 0.1) is 5.82 Å². The summed E-state index contributed by atoms with van der Waals surface area (Å²) in [6, 6.07) is 12.9. The van der Waals surface area contributed by atoms with Crippen molar-refractivity contribution in [2.45, 2.75) is 18.9 Å². The van der Waals surface area contributed by atoms with Gasteiger partial charge >= 0.3 is 0 Å². The molecule has 3 aromatic rings. The Bertz CT molecular complexity index is 1170. The van der Waals surface area contributed by atoms with Gasteiger partial charge in [-0.1, -0.05) is 35.9 Å². The van der Waals surface area contributed by atoms with Crippen LogP contribution >= 0.6 is 11.6 Å². The summed E-state index contributed by atoms with van der Waals surface area (Å²) >= 11 is 6.00. The van der Waals surface area contributed by atoms with Crippen molar-refractivity contribution in [3.63, 3.8) is 0 Å². The van der Waals surface area contributed by atoms with Crippen molar-refractivity contribution in [2.75, 3.05) is 10.2 Å². The molecule has 2 aromatic carbocycles. The number of nitrogens with zero attached hydrogens (tertiary/aromatic N) is 4. The number of hydrogen-bond acceptors (Lipinski definition) is 5. The smallest absolute Gasteiger partial charge is 0.260 e. The molecule has 1 N–H and O–H groups in total. The van der Waals surface area contributed by atoms with Crippen LogP contribution in [0.25, 0.3) is 5.70 Å². The minimum absolute atomic E-state index is 0.0304. The molecular weight excluding hydrogens is 409 g/mol. The van der Waals surface area contributed by atoms with Crippen molar-refractivity contribution in [2.24, 2.45) is 0 Å². The number of fused-ring (bicyclic) bond motifs is 1. The quantitative estimate of drug-likeness (QED) is 0.648. The standard InChI is InChI=1S/C21H15ClFN5O2/c22-14-5-1-12(2-6-14)16-11-17(13-3-7-15(23)8-4-13)28-20(24-16)25-21(26-28)27-18(29)9-10-19(27)30/h1-8,11,17H,9-10H2,(H,24,25,26). The first kappa shape index (κ1) is 18.5. The zero-order valence-corrected chi connectivity index (χ0v) is 16.3. The van der Waals surface area contributed by atoms with Gasteiger partial charge in [0.1, 0.15) is 11.9 Å². The summed E-state index contributed by atoms with van der Waals surface area (Å²) in [6.07, 6.45) is 2.22. The number of benzene rings is 2. The molecule has 0 bridgehead atoms. The molecule has 1 atom stereocenters. The molecule has 9 heteroatoms. The van der Waals surface area contributed by atoms with E-state index in [0.29, 0.717) is 11.0 Å². The van der Waals surface area contributed by atoms with Crippen molar-refractivity contribution >= 4 is 41.0 Å². The van der Waals surface area contributed by atoms with Crippen molar-refractivity contribution in [3.05, 3.63) is 76.6 Å². The third-order valence-electron chi connectivity index (χ3n) is 5.07. The highest BCUT2D eigenvalue weighted by molar-refractivity contribution is 6.30. The lowest BCUT2D eigenvalue weighted by Gasteiger charge is -2.24. The number of anilines is 2. The Morgan fingerprint density at radius 3 is 2.33 bits per heavy atom. The Balaban J connectivity index is 1.61. The number of carbonyl (C=O) groups excluding carboxylic acids is 2. The summed E-state index contributed by atoms with van der Waals surface area (Å²) in [4.78, 5) is 29.7. The maximum absolute atomic E-state index is 13.5. The van der Waals surface area contributed by atoms with Gasteiger partial charge < -0.3 is 5.32 Å². The molecule has 0 aliphatic carbocycles. The Hall–Kier alpha value is -3.52. The molecule has 1 aromatic heterocycles. The predicted molar refractivity (Wildman–Crippen MR) is 109 cm³/mol. The van der Waals surface area contributed by atoms with Gasteiger partial charge in [0.2, 0.25) is 17.8 Å². The monoisotopic (exact) mass is 423 g/mol. The first-order chi connectivity index (χ1) is 14.5. The fourth-order valence-corrected chi connectivity index (χ4v) is 3.70. The first-order valence-corrected chi connectivity index (χ1v) is 9.70. The number of rotatable bonds is 3. The average Bonchev–Trinajstić information content (AvgIpc) is 3.30. The molecule has 150 valence electrons. The fraction of sp³-hybridized carbons (Fsp3) is 0.143. The van der Waals surface area contributed by atoms with Gasteiger partial charge in [0, 0.05) is 23.6 Å². The Morgan fingerprint density at radius 1 is 1.00 bits per heavy atom. The number of halogens is 2. The number of allylic oxidation sites excluding steroid dienone is 1. The molecule has 7 nitrogen and oxygen atoms in total. The number of imide groups is 1. The highest BCUT2D eigenvalue weighted by Gasteiger charge is 2.35. The van der Waals surface area contributed by atoms with Crippen LogP contribution in [0.3, 0.4) is 0 Å². The van der Waals surface area contributed by atoms with Gasteiger partial charge in [-0.2, -0.15) is 4.98 Å². The third-order valence-corrected chi connectivity index (χ3v) is 5.32. The van der Waals surface area contributed by atoms with E-state index in [1.165, 1.54) is 12.1 Å². The number of hydrogen-bond donors (Lipinski definition) is 1. The summed E-state index contributed by atoms with van der Waals surface area (Å²) in [5, 5.41) is 8.24. The van der Waals surface area contributed by atoms with Crippen LogP contribution in [-0.2, 0) is 9.59 Å². The van der Waals surface area contributed by atoms with Crippen LogP contribution in [0.1, 0.15) is 30.0 Å². The van der Waals surface area contributed by atoms with E-state index in [2.05, 4.69) is 15.4 Å². The van der Waals surface area contributed by atoms with Crippen molar-refractivity contribution < 1.29 is 14.0 Å². The van der Waals surface area contributed by atoms with Gasteiger partial charge in [0.05, 0.1) is 0 Å². The van der Waals surface area contributed by atoms with E-state index in [4.69, 9.17) is 11.6 Å². The summed E-state index contributed by atoms with van der Waals surface area (Å²) in [5.74, 6) is -0.594. The Labute approximate surface area is 175 Å². The van der Waals surface area contributed by atoms with E-state index in [9.17, 15) is 14.0 Å². The van der Waals surface area contributed by atoms with Crippen LogP contribution in [0.5, 0.6) is 0 Å². The maximum Gasteiger partial charge on any atom is 0.260 e. The average molecular weight is 424 g/mol. The van der Waals surface area contributed by atoms with Crippen molar-refractivity contribution in [1.29, 1.82) is 0 Å². The summed E-state index contributed by atoms with van der Waals surface area (Å²) in [5.41, 5.74) is 2.41. The Morgan fingerprint density at radius 2 is 1.67 bits per heavy atom. The van der Waals surface area contributed by atoms with E-state index in [1.54, 1.807) is 28.9 Å². The van der Waals surface area contributed by atoms with Gasteiger partial charge in [0.25, 0.3) is 5.95 Å². The fourth-order valence-electron chi connectivity index (χ4n) is 3.57. The predicted octanol–water partition coefficient (Wildman–Crippen LogP) is 3.78. The zero-order valence-electron chi connectivity index (χ0n) is 15.5. The molecule has 1 saturated heterocycles. The number of nitrogens with one attached hydrogen (secondary N) is 1. The normalized spacial score (nSPS) is 18.3. The van der Waals surface area contributed by atoms with E-state index in [-0.39, 0.29) is 36.4 Å². The molecule has 3 heterocycles. The molecule has 30 heavy (non-hydrogen) atoms. The molecular formula is C21H15ClFN5O2. The molecule has 2 aliphatic rings. The van der Waals surface area contributed by atoms with Crippen LogP contribution in [0.2, 0.25) is 5.02 Å². The molecule has 1 fully saturated rings. The summed E-state index contributed by atoms with van der Waals surface area (Å²) in [7, 11) is 0. The van der Waals surface area contributed by atoms with Gasteiger partial charge in [-0.15, -0.1) is 5.10 Å². The van der Waals surface area contributed by atoms with E-state index >= 15 is 0 Å². The molecule has 0 saturated carbocycles. The molecule has 2 amide bonds. The molecule has 5 rings (SSSR count). The largest absolute Gasteiger partial charge is 0.324 e. The van der Waals surface area contributed by atoms with Crippen LogP contribution < -0.4 is 10.2 Å². The SMILES string of the molecule is O=C1CCC(=O)N1c1nc2n(n1)C(c1ccc(F)cc1)C=C(c1ccc(Cl)cc1)N2. The zero-order chi connectivity index (χ0) is 20.8. The van der Waals surface area contributed by atoms with E-state index in [0.717, 1.165) is 21.7 Å². The lowest BCUT2D eigenvalue weighted by molar-refractivity contribution is -0.121. The minimum Gasteiger partial charge on any atom is -0.324 e. The first-order valence-electron chi connectivity index (χ1n) is 9.32. The molecule has 2 aliphatic heterocycles. The number of amides is 2. The lowest BCUT2D eigenvalue weighted by atomic mass is 10.0. The highest BCUT2D eigenvalue weighted by Crippen LogP contribution is 2.34. The maximum atomic E-state index is 13.5. The van der Waals surface area contributed by atoms with Crippen molar-refractivity contribution in [1.82, 2.24) is 14.8 Å². The van der Waals surface area contributed by atoms with Crippen LogP contribution in [0.15, 0.2) is 54.6 Å². The van der Waals surface area contributed by atoms with Gasteiger partial charge in [-0.25, -0.2) is 14.0 Å². The second-order valence-corrected chi connectivity index (χ2v) is 7.45. The second-order valence-electron chi connectivity index (χ2n) is 7.01. The van der Waals surface area contributed by atoms with Crippen molar-refractivity contribution in [3.8, 4) is 0 Å². The van der Waals surface area contributed by atoms with Crippen LogP contribution in [0.4, 0.5) is 16.3 Å². The highest BCUT2D eigenvalue weighted by atomic mass is 35.5. The van der Waals surface area contributed by atoms with Crippen LogP contribution in [-0.4, -0.2) is 26.6 Å². The van der Waals surface area contributed by atoms with E-state index in [1.807, 2.05) is 18.2 Å². The Kier molecular flexibility index (Phi) is 4.36. The van der Waals surface area contributed by atoms with E-state index < -0.39 is 6.04 Å². The second kappa shape index (κ2) is 7.07. The molecule has 1 unspecified atom stereocenters. The molecule has 0 radical (unpaired) electrons. The van der Waals surface area contributed by atoms with Gasteiger partial charge in [0.15, 0.2) is 0 Å². The lowest BCUT2D eigenvalue weighted by Crippen LogP contribution is -2.29. The minimum atomic E-state index is -0.415. The van der Waals surface area contributed by atoms with Gasteiger partial charge in [-0.05, 0) is 41.5 Å². The number of aromatic nitrogens is 3. The topological polar surface area (TPSA) is 80.1 Å². The summed E-state index contributed by atoms with van der Waals surface area (Å²) < 4.78 is 15.1. The number of carbonyl (C=O) groups is 2. The van der Waals surface area contributed by atoms with Gasteiger partial charge in [-0.3, -0.25) is 9.59 Å². The molecule has 0 spiro atoms. The summed E-state index contributed by atoms with van der Waals surface area (Å²) in [6.45, 7) is 0. The third kappa shape index (κ3) is 3.15.